The summed E-state index contributed by atoms with van der Waals surface area (Å²) in [5.41, 5.74) is 4.30. The summed E-state index contributed by atoms with van der Waals surface area (Å²) in [4.78, 5) is 19.3. The van der Waals surface area contributed by atoms with Gasteiger partial charge in [0.15, 0.2) is 11.5 Å². The van der Waals surface area contributed by atoms with E-state index in [1.54, 1.807) is 0 Å². The van der Waals surface area contributed by atoms with Crippen LogP contribution in [0.3, 0.4) is 0 Å². The molecule has 1 aliphatic heterocycles. The van der Waals surface area contributed by atoms with Crippen molar-refractivity contribution < 1.29 is 14.3 Å². The van der Waals surface area contributed by atoms with Crippen LogP contribution in [0.25, 0.3) is 0 Å². The van der Waals surface area contributed by atoms with E-state index in [4.69, 9.17) is 9.47 Å². The van der Waals surface area contributed by atoms with E-state index in [0.717, 1.165) is 35.2 Å². The van der Waals surface area contributed by atoms with E-state index in [2.05, 4.69) is 66.3 Å². The molecule has 2 heterocycles. The molecule has 180 valence electrons. The van der Waals surface area contributed by atoms with Crippen LogP contribution in [0.4, 0.5) is 0 Å². The van der Waals surface area contributed by atoms with Gasteiger partial charge in [-0.3, -0.25) is 9.69 Å². The van der Waals surface area contributed by atoms with Gasteiger partial charge in [-0.2, -0.15) is 0 Å². The Labute approximate surface area is 205 Å². The Bertz CT molecular complexity index is 1130. The highest BCUT2D eigenvalue weighted by Gasteiger charge is 2.18. The highest BCUT2D eigenvalue weighted by atomic mass is 32.1. The molecule has 0 fully saturated rings. The highest BCUT2D eigenvalue weighted by Crippen LogP contribution is 2.33. The number of hydrogen-bond acceptors (Lipinski definition) is 6. The smallest absolute Gasteiger partial charge is 0.270 e. The molecule has 1 amide bonds. The third-order valence-corrected chi connectivity index (χ3v) is 6.47. The highest BCUT2D eigenvalue weighted by molar-refractivity contribution is 7.09. The first-order valence-corrected chi connectivity index (χ1v) is 12.5. The van der Waals surface area contributed by atoms with Gasteiger partial charge < -0.3 is 14.8 Å². The van der Waals surface area contributed by atoms with E-state index < -0.39 is 0 Å². The fraction of sp³-hybridized carbons (Fsp3) is 0.407. The number of aromatic nitrogens is 1. The number of benzene rings is 2. The number of nitrogens with zero attached hydrogens (tertiary/aromatic N) is 2. The number of carbonyl (C=O) groups is 1. The lowest BCUT2D eigenvalue weighted by molar-refractivity contribution is 0.0938. The van der Waals surface area contributed by atoms with Crippen molar-refractivity contribution in [1.29, 1.82) is 0 Å². The van der Waals surface area contributed by atoms with E-state index in [-0.39, 0.29) is 24.2 Å². The molecule has 1 aromatic heterocycles. The number of fused-ring (bicyclic) bond motifs is 1. The summed E-state index contributed by atoms with van der Waals surface area (Å²) in [6.07, 6.45) is 0. The maximum absolute atomic E-state index is 12.4. The SMILES string of the molecule is CC(C)NC(=O)c1csc(CN(Cc2ccc(C(C)(C)C)cc2)Cc2ccc3c(c2)OCO3)n1. The molecule has 6 nitrogen and oxygen atoms in total. The van der Waals surface area contributed by atoms with Crippen LogP contribution in [0.15, 0.2) is 47.8 Å². The van der Waals surface area contributed by atoms with Crippen LogP contribution in [0.5, 0.6) is 11.5 Å². The number of rotatable bonds is 8. The normalized spacial score (nSPS) is 13.0. The topological polar surface area (TPSA) is 63.7 Å². The molecule has 1 N–H and O–H groups in total. The summed E-state index contributed by atoms with van der Waals surface area (Å²) in [5, 5.41) is 5.67. The van der Waals surface area contributed by atoms with Crippen LogP contribution in [0.1, 0.15) is 66.8 Å². The van der Waals surface area contributed by atoms with E-state index in [0.29, 0.717) is 12.2 Å². The van der Waals surface area contributed by atoms with E-state index in [1.165, 1.54) is 22.5 Å². The molecule has 0 aliphatic carbocycles. The Morgan fingerprint density at radius 3 is 2.41 bits per heavy atom. The van der Waals surface area contributed by atoms with Gasteiger partial charge in [-0.05, 0) is 48.1 Å². The van der Waals surface area contributed by atoms with Gasteiger partial charge in [0, 0.05) is 24.5 Å². The summed E-state index contributed by atoms with van der Waals surface area (Å²) in [6.45, 7) is 13.0. The summed E-state index contributed by atoms with van der Waals surface area (Å²) in [5.74, 6) is 1.44. The summed E-state index contributed by atoms with van der Waals surface area (Å²) < 4.78 is 11.0. The number of amides is 1. The average molecular weight is 480 g/mol. The van der Waals surface area contributed by atoms with Crippen LogP contribution in [-0.2, 0) is 25.0 Å². The molecule has 0 saturated carbocycles. The average Bonchev–Trinajstić information content (AvgIpc) is 3.42. The van der Waals surface area contributed by atoms with Gasteiger partial charge in [-0.25, -0.2) is 4.98 Å². The van der Waals surface area contributed by atoms with Crippen molar-refractivity contribution in [3.8, 4) is 11.5 Å². The zero-order valence-corrected chi connectivity index (χ0v) is 21.4. The fourth-order valence-corrected chi connectivity index (χ4v) is 4.66. The number of thiazole rings is 1. The van der Waals surface area contributed by atoms with Crippen LogP contribution in [-0.4, -0.2) is 28.6 Å². The lowest BCUT2D eigenvalue weighted by atomic mass is 9.87. The van der Waals surface area contributed by atoms with Crippen LogP contribution in [0, 0.1) is 0 Å². The summed E-state index contributed by atoms with van der Waals surface area (Å²) in [7, 11) is 0. The van der Waals surface area contributed by atoms with Crippen molar-refractivity contribution in [1.82, 2.24) is 15.2 Å². The number of carbonyl (C=O) groups excluding carboxylic acids is 1. The second-order valence-electron chi connectivity index (χ2n) is 10.0. The quantitative estimate of drug-likeness (QED) is 0.462. The predicted octanol–water partition coefficient (Wildman–Crippen LogP) is 5.51. The lowest BCUT2D eigenvalue weighted by Gasteiger charge is -2.23. The number of ether oxygens (including phenoxy) is 2. The fourth-order valence-electron chi connectivity index (χ4n) is 3.85. The Balaban J connectivity index is 1.52. The summed E-state index contributed by atoms with van der Waals surface area (Å²) in [6, 6.07) is 15.0. The van der Waals surface area contributed by atoms with Crippen molar-refractivity contribution in [2.45, 2.75) is 65.7 Å². The first-order chi connectivity index (χ1) is 16.2. The van der Waals surface area contributed by atoms with Crippen molar-refractivity contribution >= 4 is 17.2 Å². The minimum atomic E-state index is -0.127. The van der Waals surface area contributed by atoms with Crippen molar-refractivity contribution in [2.24, 2.45) is 0 Å². The second kappa shape index (κ2) is 10.2. The Morgan fingerprint density at radius 1 is 1.03 bits per heavy atom. The zero-order valence-electron chi connectivity index (χ0n) is 20.6. The van der Waals surface area contributed by atoms with Crippen LogP contribution >= 0.6 is 11.3 Å². The van der Waals surface area contributed by atoms with Crippen molar-refractivity contribution in [3.05, 3.63) is 75.2 Å². The molecule has 4 rings (SSSR count). The van der Waals surface area contributed by atoms with Gasteiger partial charge in [0.05, 0.1) is 6.54 Å². The predicted molar refractivity (Wildman–Crippen MR) is 135 cm³/mol. The van der Waals surface area contributed by atoms with E-state index in [1.807, 2.05) is 31.4 Å². The summed E-state index contributed by atoms with van der Waals surface area (Å²) >= 11 is 1.52. The van der Waals surface area contributed by atoms with E-state index in [9.17, 15) is 4.79 Å². The maximum Gasteiger partial charge on any atom is 0.270 e. The molecule has 3 aromatic rings. The van der Waals surface area contributed by atoms with E-state index >= 15 is 0 Å². The number of hydrogen-bond donors (Lipinski definition) is 1. The molecular formula is C27H33N3O3S. The number of nitrogens with one attached hydrogen (secondary N) is 1. The van der Waals surface area contributed by atoms with Crippen molar-refractivity contribution in [2.75, 3.05) is 6.79 Å². The third kappa shape index (κ3) is 6.15. The Hall–Kier alpha value is -2.90. The first kappa shape index (κ1) is 24.2. The Kier molecular flexibility index (Phi) is 7.24. The molecule has 0 bridgehead atoms. The van der Waals surface area contributed by atoms with Gasteiger partial charge in [-0.15, -0.1) is 11.3 Å². The molecule has 0 radical (unpaired) electrons. The molecule has 0 saturated heterocycles. The molecular weight excluding hydrogens is 446 g/mol. The minimum absolute atomic E-state index is 0.0798. The van der Waals surface area contributed by atoms with Gasteiger partial charge in [-0.1, -0.05) is 51.1 Å². The third-order valence-electron chi connectivity index (χ3n) is 5.63. The molecule has 34 heavy (non-hydrogen) atoms. The largest absolute Gasteiger partial charge is 0.454 e. The second-order valence-corrected chi connectivity index (χ2v) is 11.0. The van der Waals surface area contributed by atoms with Crippen LogP contribution in [0.2, 0.25) is 0 Å². The van der Waals surface area contributed by atoms with Crippen molar-refractivity contribution in [3.63, 3.8) is 0 Å². The molecule has 0 unspecified atom stereocenters. The van der Waals surface area contributed by atoms with Crippen LogP contribution < -0.4 is 14.8 Å². The first-order valence-electron chi connectivity index (χ1n) is 11.6. The minimum Gasteiger partial charge on any atom is -0.454 e. The van der Waals surface area contributed by atoms with Gasteiger partial charge in [0.1, 0.15) is 10.7 Å². The lowest BCUT2D eigenvalue weighted by Crippen LogP contribution is -2.30. The zero-order chi connectivity index (χ0) is 24.3. The Morgan fingerprint density at radius 2 is 1.71 bits per heavy atom. The monoisotopic (exact) mass is 479 g/mol. The molecule has 2 aromatic carbocycles. The maximum atomic E-state index is 12.4. The molecule has 7 heteroatoms. The molecule has 0 atom stereocenters. The molecule has 0 spiro atoms. The standard InChI is InChI=1S/C27H33N3O3S/c1-18(2)28-26(31)22-16-34-25(29-22)15-30(13-19-6-9-21(10-7-19)27(3,4)5)14-20-8-11-23-24(12-20)33-17-32-23/h6-12,16,18H,13-15,17H2,1-5H3,(H,28,31). The van der Waals surface area contributed by atoms with Gasteiger partial charge in [0.2, 0.25) is 6.79 Å². The van der Waals surface area contributed by atoms with Gasteiger partial charge >= 0.3 is 0 Å². The van der Waals surface area contributed by atoms with Gasteiger partial charge in [0.25, 0.3) is 5.91 Å². The molecule has 1 aliphatic rings.